The van der Waals surface area contributed by atoms with Crippen LogP contribution in [-0.4, -0.2) is 20.0 Å². The van der Waals surface area contributed by atoms with E-state index in [9.17, 15) is 4.79 Å². The van der Waals surface area contributed by atoms with Crippen LogP contribution in [0.1, 0.15) is 15.9 Å². The van der Waals surface area contributed by atoms with Crippen LogP contribution in [0.5, 0.6) is 11.5 Å². The Labute approximate surface area is 156 Å². The number of nitrogen functional groups attached to an aromatic ring is 1. The molecule has 1 heterocycles. The molecule has 4 nitrogen and oxygen atoms in total. The molecule has 0 aliphatic carbocycles. The molecule has 0 amide bonds. The van der Waals surface area contributed by atoms with Crippen LogP contribution in [0.2, 0.25) is 0 Å². The molecule has 0 unspecified atom stereocenters. The number of hydrogen-bond acceptors (Lipinski definition) is 5. The molecule has 3 rings (SSSR count). The highest BCUT2D eigenvalue weighted by atomic mass is 32.1. The first kappa shape index (κ1) is 17.8. The number of carbonyl (C=O) groups excluding carboxylic acids is 1. The van der Waals surface area contributed by atoms with Gasteiger partial charge in [-0.25, -0.2) is 0 Å². The Hall–Kier alpha value is -3.05. The zero-order chi connectivity index (χ0) is 18.5. The van der Waals surface area contributed by atoms with Crippen molar-refractivity contribution in [2.45, 2.75) is 0 Å². The van der Waals surface area contributed by atoms with Crippen molar-refractivity contribution in [3.05, 3.63) is 71.1 Å². The number of carbonyl (C=O) groups is 1. The topological polar surface area (TPSA) is 61.5 Å². The van der Waals surface area contributed by atoms with Gasteiger partial charge < -0.3 is 15.2 Å². The lowest BCUT2D eigenvalue weighted by atomic mass is 10.0. The minimum Gasteiger partial charge on any atom is -0.493 e. The molecule has 2 N–H and O–H groups in total. The first-order valence-corrected chi connectivity index (χ1v) is 8.88. The summed E-state index contributed by atoms with van der Waals surface area (Å²) in [7, 11) is 3.22. The van der Waals surface area contributed by atoms with Gasteiger partial charge in [0.1, 0.15) is 0 Å². The van der Waals surface area contributed by atoms with E-state index in [0.29, 0.717) is 22.7 Å². The normalized spacial score (nSPS) is 10.8. The second-order valence-electron chi connectivity index (χ2n) is 5.60. The molecule has 132 valence electrons. The number of hydrogen-bond donors (Lipinski definition) is 1. The first-order valence-electron chi connectivity index (χ1n) is 8.00. The molecule has 1 aromatic heterocycles. The van der Waals surface area contributed by atoms with Crippen LogP contribution in [0.15, 0.2) is 60.0 Å². The summed E-state index contributed by atoms with van der Waals surface area (Å²) in [6.45, 7) is 0. The highest BCUT2D eigenvalue weighted by Gasteiger charge is 2.14. The van der Waals surface area contributed by atoms with Gasteiger partial charge in [-0.3, -0.25) is 4.79 Å². The quantitative estimate of drug-likeness (QED) is 0.383. The van der Waals surface area contributed by atoms with Gasteiger partial charge in [-0.15, -0.1) is 11.3 Å². The molecule has 0 saturated heterocycles. The molecule has 0 saturated carbocycles. The molecule has 26 heavy (non-hydrogen) atoms. The predicted molar refractivity (Wildman–Crippen MR) is 107 cm³/mol. The number of ether oxygens (including phenoxy) is 2. The van der Waals surface area contributed by atoms with Gasteiger partial charge in [-0.1, -0.05) is 12.1 Å². The molecule has 0 aliphatic rings. The van der Waals surface area contributed by atoms with Crippen LogP contribution in [0.4, 0.5) is 5.69 Å². The van der Waals surface area contributed by atoms with E-state index in [1.54, 1.807) is 62.0 Å². The van der Waals surface area contributed by atoms with Crippen molar-refractivity contribution in [1.29, 1.82) is 0 Å². The standard InChI is InChI=1S/C21H19NO3S/c1-24-19-13-14(5-10-18(23)15-6-8-16(22)9-7-15)12-17(21(19)25-2)20-4-3-11-26-20/h3-13H,22H2,1-2H3. The van der Waals surface area contributed by atoms with E-state index in [2.05, 4.69) is 0 Å². The van der Waals surface area contributed by atoms with E-state index < -0.39 is 0 Å². The maximum atomic E-state index is 12.3. The van der Waals surface area contributed by atoms with Crippen LogP contribution in [0.3, 0.4) is 0 Å². The maximum absolute atomic E-state index is 12.3. The van der Waals surface area contributed by atoms with Crippen molar-refractivity contribution in [3.63, 3.8) is 0 Å². The van der Waals surface area contributed by atoms with Crippen LogP contribution >= 0.6 is 11.3 Å². The van der Waals surface area contributed by atoms with Gasteiger partial charge in [0.2, 0.25) is 0 Å². The Morgan fingerprint density at radius 2 is 1.85 bits per heavy atom. The number of nitrogens with two attached hydrogens (primary N) is 1. The molecular weight excluding hydrogens is 346 g/mol. The molecule has 5 heteroatoms. The van der Waals surface area contributed by atoms with Gasteiger partial charge in [0, 0.05) is 21.7 Å². The lowest BCUT2D eigenvalue weighted by Gasteiger charge is -2.13. The average Bonchev–Trinajstić information content (AvgIpc) is 3.20. The number of thiophene rings is 1. The summed E-state index contributed by atoms with van der Waals surface area (Å²) < 4.78 is 11.0. The highest BCUT2D eigenvalue weighted by molar-refractivity contribution is 7.13. The zero-order valence-electron chi connectivity index (χ0n) is 14.6. The number of anilines is 1. The molecule has 3 aromatic rings. The summed E-state index contributed by atoms with van der Waals surface area (Å²) in [5.41, 5.74) is 8.67. The Kier molecular flexibility index (Phi) is 5.39. The Bertz CT molecular complexity index is 929. The second kappa shape index (κ2) is 7.89. The lowest BCUT2D eigenvalue weighted by molar-refractivity contribution is 0.104. The SMILES string of the molecule is COc1cc(C=CC(=O)c2ccc(N)cc2)cc(-c2cccs2)c1OC. The third-order valence-corrected chi connectivity index (χ3v) is 4.81. The van der Waals surface area contributed by atoms with Crippen molar-refractivity contribution in [2.24, 2.45) is 0 Å². The zero-order valence-corrected chi connectivity index (χ0v) is 15.4. The van der Waals surface area contributed by atoms with Crippen LogP contribution < -0.4 is 15.2 Å². The second-order valence-corrected chi connectivity index (χ2v) is 6.55. The Morgan fingerprint density at radius 1 is 1.08 bits per heavy atom. The highest BCUT2D eigenvalue weighted by Crippen LogP contribution is 2.41. The fourth-order valence-electron chi connectivity index (χ4n) is 2.61. The maximum Gasteiger partial charge on any atom is 0.185 e. The van der Waals surface area contributed by atoms with Crippen LogP contribution in [0, 0.1) is 0 Å². The molecular formula is C21H19NO3S. The van der Waals surface area contributed by atoms with E-state index in [4.69, 9.17) is 15.2 Å². The average molecular weight is 365 g/mol. The van der Waals surface area contributed by atoms with Crippen LogP contribution in [-0.2, 0) is 0 Å². The van der Waals surface area contributed by atoms with Crippen molar-refractivity contribution >= 4 is 28.9 Å². The third-order valence-electron chi connectivity index (χ3n) is 3.91. The summed E-state index contributed by atoms with van der Waals surface area (Å²) in [6.07, 6.45) is 3.32. The predicted octanol–water partition coefficient (Wildman–Crippen LogP) is 4.91. The number of ketones is 1. The minimum absolute atomic E-state index is 0.0857. The van der Waals surface area contributed by atoms with Gasteiger partial charge >= 0.3 is 0 Å². The first-order chi connectivity index (χ1) is 12.6. The number of methoxy groups -OCH3 is 2. The van der Waals surface area contributed by atoms with Gasteiger partial charge in [-0.2, -0.15) is 0 Å². The summed E-state index contributed by atoms with van der Waals surface area (Å²) in [4.78, 5) is 13.4. The van der Waals surface area contributed by atoms with Gasteiger partial charge in [0.05, 0.1) is 14.2 Å². The van der Waals surface area contributed by atoms with Crippen molar-refractivity contribution in [2.75, 3.05) is 20.0 Å². The van der Waals surface area contributed by atoms with Crippen molar-refractivity contribution in [1.82, 2.24) is 0 Å². The monoisotopic (exact) mass is 365 g/mol. The van der Waals surface area contributed by atoms with E-state index in [1.807, 2.05) is 29.6 Å². The summed E-state index contributed by atoms with van der Waals surface area (Å²) in [5.74, 6) is 1.22. The molecule has 0 bridgehead atoms. The Morgan fingerprint density at radius 3 is 2.46 bits per heavy atom. The molecule has 0 fully saturated rings. The number of rotatable bonds is 6. The summed E-state index contributed by atoms with van der Waals surface area (Å²) >= 11 is 1.62. The van der Waals surface area contributed by atoms with E-state index in [0.717, 1.165) is 16.0 Å². The molecule has 2 aromatic carbocycles. The smallest absolute Gasteiger partial charge is 0.185 e. The molecule has 0 atom stereocenters. The Balaban J connectivity index is 1.96. The number of benzene rings is 2. The van der Waals surface area contributed by atoms with Crippen molar-refractivity contribution < 1.29 is 14.3 Å². The van der Waals surface area contributed by atoms with Gasteiger partial charge in [-0.05, 0) is 59.5 Å². The number of allylic oxidation sites excluding steroid dienone is 1. The molecule has 0 radical (unpaired) electrons. The summed E-state index contributed by atoms with van der Waals surface area (Å²) in [5, 5.41) is 2.01. The summed E-state index contributed by atoms with van der Waals surface area (Å²) in [6, 6.07) is 14.7. The third kappa shape index (κ3) is 3.78. The molecule has 0 aliphatic heterocycles. The van der Waals surface area contributed by atoms with Crippen molar-refractivity contribution in [3.8, 4) is 21.9 Å². The lowest BCUT2D eigenvalue weighted by Crippen LogP contribution is -1.96. The van der Waals surface area contributed by atoms with E-state index in [-0.39, 0.29) is 5.78 Å². The van der Waals surface area contributed by atoms with Crippen LogP contribution in [0.25, 0.3) is 16.5 Å². The van der Waals surface area contributed by atoms with E-state index >= 15 is 0 Å². The molecule has 0 spiro atoms. The fourth-order valence-corrected chi connectivity index (χ4v) is 3.35. The van der Waals surface area contributed by atoms with E-state index in [1.165, 1.54) is 0 Å². The largest absolute Gasteiger partial charge is 0.493 e. The van der Waals surface area contributed by atoms with Gasteiger partial charge in [0.25, 0.3) is 0 Å². The van der Waals surface area contributed by atoms with Gasteiger partial charge in [0.15, 0.2) is 17.3 Å². The fraction of sp³-hybridized carbons (Fsp3) is 0.0952. The minimum atomic E-state index is -0.0857.